The summed E-state index contributed by atoms with van der Waals surface area (Å²) >= 11 is 0. The molecule has 0 aliphatic heterocycles. The average Bonchev–Trinajstić information content (AvgIpc) is 3.13. The number of aliphatic hydroxyl groups is 1. The van der Waals surface area contributed by atoms with Crippen LogP contribution in [0, 0.1) is 17.8 Å². The van der Waals surface area contributed by atoms with E-state index in [4.69, 9.17) is 0 Å². The van der Waals surface area contributed by atoms with Gasteiger partial charge in [-0.2, -0.15) is 0 Å². The van der Waals surface area contributed by atoms with Gasteiger partial charge in [0.15, 0.2) is 0 Å². The first-order valence-electron chi connectivity index (χ1n) is 7.51. The second kappa shape index (κ2) is 5.71. The molecule has 2 aliphatic rings. The summed E-state index contributed by atoms with van der Waals surface area (Å²) in [5.74, 6) is 2.57. The molecule has 2 nitrogen and oxygen atoms in total. The third-order valence-electron chi connectivity index (χ3n) is 4.93. The number of hydrogen-bond donors (Lipinski definition) is 2. The summed E-state index contributed by atoms with van der Waals surface area (Å²) in [5, 5.41) is 13.5. The van der Waals surface area contributed by atoms with Crippen LogP contribution in [-0.4, -0.2) is 23.8 Å². The molecule has 0 bridgehead atoms. The van der Waals surface area contributed by atoms with Crippen LogP contribution < -0.4 is 5.32 Å². The lowest BCUT2D eigenvalue weighted by molar-refractivity contribution is 0.140. The maximum atomic E-state index is 9.76. The van der Waals surface area contributed by atoms with Gasteiger partial charge in [-0.15, -0.1) is 0 Å². The van der Waals surface area contributed by atoms with Gasteiger partial charge in [-0.05, 0) is 56.4 Å². The first kappa shape index (κ1) is 13.4. The van der Waals surface area contributed by atoms with Gasteiger partial charge in [-0.25, -0.2) is 0 Å². The van der Waals surface area contributed by atoms with Crippen LogP contribution in [-0.2, 0) is 0 Å². The molecule has 0 radical (unpaired) electrons. The third kappa shape index (κ3) is 3.69. The molecule has 0 aromatic carbocycles. The largest absolute Gasteiger partial charge is 0.394 e. The Balaban J connectivity index is 1.87. The fourth-order valence-corrected chi connectivity index (χ4v) is 3.17. The number of rotatable bonds is 5. The van der Waals surface area contributed by atoms with Crippen molar-refractivity contribution in [3.8, 4) is 0 Å². The Labute approximate surface area is 106 Å². The molecule has 2 fully saturated rings. The smallest absolute Gasteiger partial charge is 0.0613 e. The van der Waals surface area contributed by atoms with Crippen LogP contribution in [0.1, 0.15) is 58.8 Å². The number of nitrogens with one attached hydrogen (secondary N) is 1. The molecule has 0 heterocycles. The Hall–Kier alpha value is -0.0800. The van der Waals surface area contributed by atoms with Gasteiger partial charge in [0.25, 0.3) is 0 Å². The molecular formula is C15H29NO. The van der Waals surface area contributed by atoms with Gasteiger partial charge in [0.2, 0.25) is 0 Å². The molecule has 2 saturated carbocycles. The molecule has 0 saturated heterocycles. The van der Waals surface area contributed by atoms with Crippen molar-refractivity contribution in [3.05, 3.63) is 0 Å². The Morgan fingerprint density at radius 3 is 2.53 bits per heavy atom. The van der Waals surface area contributed by atoms with E-state index < -0.39 is 0 Å². The van der Waals surface area contributed by atoms with Crippen molar-refractivity contribution in [3.63, 3.8) is 0 Å². The van der Waals surface area contributed by atoms with Crippen molar-refractivity contribution in [1.29, 1.82) is 0 Å². The molecule has 2 atom stereocenters. The van der Waals surface area contributed by atoms with Crippen LogP contribution in [0.15, 0.2) is 0 Å². The summed E-state index contributed by atoms with van der Waals surface area (Å²) in [6.07, 6.45) is 9.03. The molecule has 2 unspecified atom stereocenters. The Bertz CT molecular complexity index is 237. The highest BCUT2D eigenvalue weighted by atomic mass is 16.3. The zero-order valence-corrected chi connectivity index (χ0v) is 11.5. The molecule has 2 rings (SSSR count). The molecule has 0 aromatic rings. The third-order valence-corrected chi connectivity index (χ3v) is 4.93. The van der Waals surface area contributed by atoms with Crippen molar-refractivity contribution >= 4 is 0 Å². The van der Waals surface area contributed by atoms with Gasteiger partial charge in [0.1, 0.15) is 0 Å². The fraction of sp³-hybridized carbons (Fsp3) is 1.00. The van der Waals surface area contributed by atoms with Crippen molar-refractivity contribution in [2.75, 3.05) is 13.2 Å². The lowest BCUT2D eigenvalue weighted by atomic mass is 9.87. The van der Waals surface area contributed by atoms with Gasteiger partial charge in [-0.3, -0.25) is 0 Å². The van der Waals surface area contributed by atoms with E-state index in [-0.39, 0.29) is 5.54 Å². The van der Waals surface area contributed by atoms with E-state index in [2.05, 4.69) is 19.2 Å². The van der Waals surface area contributed by atoms with Gasteiger partial charge in [0.05, 0.1) is 6.61 Å². The summed E-state index contributed by atoms with van der Waals surface area (Å²) in [6, 6.07) is 0. The highest BCUT2D eigenvalue weighted by molar-refractivity contribution is 4.92. The number of aliphatic hydroxyl groups excluding tert-OH is 1. The summed E-state index contributed by atoms with van der Waals surface area (Å²) < 4.78 is 0. The molecule has 0 amide bonds. The lowest BCUT2D eigenvalue weighted by Gasteiger charge is -2.32. The molecule has 0 aromatic heterocycles. The highest BCUT2D eigenvalue weighted by Gasteiger charge is 2.34. The minimum Gasteiger partial charge on any atom is -0.394 e. The van der Waals surface area contributed by atoms with Crippen LogP contribution >= 0.6 is 0 Å². The molecule has 2 aliphatic carbocycles. The normalized spacial score (nSPS) is 34.9. The van der Waals surface area contributed by atoms with Crippen molar-refractivity contribution in [2.24, 2.45) is 17.8 Å². The predicted molar refractivity (Wildman–Crippen MR) is 72.0 cm³/mol. The molecular weight excluding hydrogens is 210 g/mol. The first-order valence-corrected chi connectivity index (χ1v) is 7.51. The van der Waals surface area contributed by atoms with E-state index in [1.165, 1.54) is 44.9 Å². The standard InChI is InChI=1S/C15H29NO/c1-12(2)14-4-3-8-15(11-17,9-7-14)16-10-13-5-6-13/h12-14,16-17H,3-11H2,1-2H3. The van der Waals surface area contributed by atoms with E-state index in [0.29, 0.717) is 6.61 Å². The molecule has 0 spiro atoms. The quantitative estimate of drug-likeness (QED) is 0.723. The van der Waals surface area contributed by atoms with Gasteiger partial charge < -0.3 is 10.4 Å². The van der Waals surface area contributed by atoms with Crippen LogP contribution in [0.3, 0.4) is 0 Å². The Kier molecular flexibility index (Phi) is 4.48. The van der Waals surface area contributed by atoms with Crippen molar-refractivity contribution < 1.29 is 5.11 Å². The second-order valence-corrected chi connectivity index (χ2v) is 6.70. The minimum atomic E-state index is 0.0478. The topological polar surface area (TPSA) is 32.3 Å². The van der Waals surface area contributed by atoms with Crippen LogP contribution in [0.2, 0.25) is 0 Å². The molecule has 17 heavy (non-hydrogen) atoms. The lowest BCUT2D eigenvalue weighted by Crippen LogP contribution is -2.49. The van der Waals surface area contributed by atoms with Gasteiger partial charge >= 0.3 is 0 Å². The van der Waals surface area contributed by atoms with E-state index in [1.807, 2.05) is 0 Å². The van der Waals surface area contributed by atoms with Crippen molar-refractivity contribution in [1.82, 2.24) is 5.32 Å². The zero-order valence-electron chi connectivity index (χ0n) is 11.5. The average molecular weight is 239 g/mol. The summed E-state index contributed by atoms with van der Waals surface area (Å²) in [4.78, 5) is 0. The number of hydrogen-bond acceptors (Lipinski definition) is 2. The minimum absolute atomic E-state index is 0.0478. The monoisotopic (exact) mass is 239 g/mol. The second-order valence-electron chi connectivity index (χ2n) is 6.70. The summed E-state index contributed by atoms with van der Waals surface area (Å²) in [7, 11) is 0. The fourth-order valence-electron chi connectivity index (χ4n) is 3.17. The molecule has 2 N–H and O–H groups in total. The van der Waals surface area contributed by atoms with Crippen molar-refractivity contribution in [2.45, 2.75) is 64.3 Å². The maximum Gasteiger partial charge on any atom is 0.0613 e. The molecule has 100 valence electrons. The van der Waals surface area contributed by atoms with Crippen LogP contribution in [0.4, 0.5) is 0 Å². The van der Waals surface area contributed by atoms with Crippen LogP contribution in [0.5, 0.6) is 0 Å². The SMILES string of the molecule is CC(C)C1CCCC(CO)(NCC2CC2)CC1. The van der Waals surface area contributed by atoms with Crippen LogP contribution in [0.25, 0.3) is 0 Å². The van der Waals surface area contributed by atoms with E-state index in [1.54, 1.807) is 0 Å². The van der Waals surface area contributed by atoms with Gasteiger partial charge in [-0.1, -0.05) is 26.7 Å². The van der Waals surface area contributed by atoms with Gasteiger partial charge in [0, 0.05) is 5.54 Å². The zero-order chi connectivity index (χ0) is 12.3. The summed E-state index contributed by atoms with van der Waals surface area (Å²) in [6.45, 7) is 6.14. The Morgan fingerprint density at radius 2 is 1.94 bits per heavy atom. The predicted octanol–water partition coefficient (Wildman–Crippen LogP) is 2.95. The molecule has 2 heteroatoms. The maximum absolute atomic E-state index is 9.76. The van der Waals surface area contributed by atoms with E-state index in [0.717, 1.165) is 24.3 Å². The Morgan fingerprint density at radius 1 is 1.18 bits per heavy atom. The highest BCUT2D eigenvalue weighted by Crippen LogP contribution is 2.35. The summed E-state index contributed by atoms with van der Waals surface area (Å²) in [5.41, 5.74) is 0.0478. The van der Waals surface area contributed by atoms with E-state index in [9.17, 15) is 5.11 Å². The first-order chi connectivity index (χ1) is 8.15. The van der Waals surface area contributed by atoms with E-state index >= 15 is 0 Å².